The summed E-state index contributed by atoms with van der Waals surface area (Å²) in [5, 5.41) is 19.8. The summed E-state index contributed by atoms with van der Waals surface area (Å²) in [5.74, 6) is 4.81. The number of aromatic nitrogens is 3. The molecule has 4 aliphatic rings. The quantitative estimate of drug-likeness (QED) is 0.685. The molecule has 184 valence electrons. The third-order valence-corrected chi connectivity index (χ3v) is 10.6. The highest BCUT2D eigenvalue weighted by molar-refractivity contribution is 5.83. The summed E-state index contributed by atoms with van der Waals surface area (Å²) in [4.78, 5) is 15.2. The molecule has 0 saturated heterocycles. The highest BCUT2D eigenvalue weighted by Crippen LogP contribution is 2.64. The number of methoxy groups -OCH3 is 1. The van der Waals surface area contributed by atoms with Crippen molar-refractivity contribution in [2.45, 2.75) is 83.8 Å². The Balaban J connectivity index is 1.18. The lowest BCUT2D eigenvalue weighted by Crippen LogP contribution is -2.51. The Kier molecular flexibility index (Phi) is 5.32. The highest BCUT2D eigenvalue weighted by atomic mass is 16.5. The van der Waals surface area contributed by atoms with Crippen molar-refractivity contribution in [3.63, 3.8) is 0 Å². The SMILES string of the molecule is COc1cccc2nn(CC(=O)C3CCC4C5CCC6CC(C)(O)CCC6C5CCC34C)nc12. The van der Waals surface area contributed by atoms with Gasteiger partial charge in [0, 0.05) is 5.92 Å². The number of aliphatic hydroxyl groups is 1. The number of ether oxygens (including phenoxy) is 1. The maximum Gasteiger partial charge on any atom is 0.159 e. The number of rotatable bonds is 4. The number of nitrogens with zero attached hydrogens (tertiary/aromatic N) is 3. The zero-order chi connectivity index (χ0) is 23.7. The minimum atomic E-state index is -0.461. The Morgan fingerprint density at radius 1 is 1.06 bits per heavy atom. The number of ketones is 1. The summed E-state index contributed by atoms with van der Waals surface area (Å²) in [6.07, 6.45) is 10.3. The normalized spacial score (nSPS) is 41.5. The van der Waals surface area contributed by atoms with Crippen molar-refractivity contribution >= 4 is 16.8 Å². The van der Waals surface area contributed by atoms with E-state index in [4.69, 9.17) is 4.74 Å². The topological polar surface area (TPSA) is 77.2 Å². The first-order valence-electron chi connectivity index (χ1n) is 13.4. The van der Waals surface area contributed by atoms with Gasteiger partial charge in [0.15, 0.2) is 11.3 Å². The molecule has 1 aromatic carbocycles. The van der Waals surface area contributed by atoms with Crippen LogP contribution in [0.1, 0.15) is 71.6 Å². The van der Waals surface area contributed by atoms with Crippen LogP contribution in [0.15, 0.2) is 18.2 Å². The van der Waals surface area contributed by atoms with Crippen LogP contribution in [0, 0.1) is 40.9 Å². The second-order valence-electron chi connectivity index (χ2n) is 12.4. The zero-order valence-electron chi connectivity index (χ0n) is 20.9. The van der Waals surface area contributed by atoms with Gasteiger partial charge in [-0.2, -0.15) is 9.90 Å². The van der Waals surface area contributed by atoms with Gasteiger partial charge in [0.05, 0.1) is 12.7 Å². The minimum absolute atomic E-state index is 0.107. The van der Waals surface area contributed by atoms with E-state index in [9.17, 15) is 9.90 Å². The van der Waals surface area contributed by atoms with Gasteiger partial charge in [-0.15, -0.1) is 5.10 Å². The molecule has 8 atom stereocenters. The Morgan fingerprint density at radius 3 is 2.71 bits per heavy atom. The molecule has 6 heteroatoms. The Labute approximate surface area is 202 Å². The zero-order valence-corrected chi connectivity index (χ0v) is 20.9. The van der Waals surface area contributed by atoms with Crippen LogP contribution in [-0.4, -0.2) is 38.6 Å². The summed E-state index contributed by atoms with van der Waals surface area (Å²) >= 11 is 0. The molecule has 4 aliphatic carbocycles. The van der Waals surface area contributed by atoms with E-state index in [0.717, 1.165) is 54.5 Å². The molecule has 6 rings (SSSR count). The van der Waals surface area contributed by atoms with Gasteiger partial charge in [-0.3, -0.25) is 4.79 Å². The van der Waals surface area contributed by atoms with Crippen LogP contribution in [-0.2, 0) is 11.3 Å². The van der Waals surface area contributed by atoms with Crippen molar-refractivity contribution in [1.29, 1.82) is 0 Å². The monoisotopic (exact) mass is 465 g/mol. The molecule has 4 saturated carbocycles. The number of Topliss-reactive ketones (excluding diaryl/α,β-unsaturated/α-hetero) is 1. The van der Waals surface area contributed by atoms with Gasteiger partial charge >= 0.3 is 0 Å². The molecular weight excluding hydrogens is 426 g/mol. The average molecular weight is 466 g/mol. The van der Waals surface area contributed by atoms with Crippen LogP contribution in [0.5, 0.6) is 5.75 Å². The van der Waals surface area contributed by atoms with E-state index in [2.05, 4.69) is 17.1 Å². The van der Waals surface area contributed by atoms with E-state index in [0.29, 0.717) is 23.4 Å². The molecule has 2 aromatic rings. The maximum atomic E-state index is 13.6. The molecule has 6 nitrogen and oxygen atoms in total. The lowest BCUT2D eigenvalue weighted by atomic mass is 9.49. The van der Waals surface area contributed by atoms with Crippen LogP contribution in [0.25, 0.3) is 11.0 Å². The number of benzene rings is 1. The number of carbonyl (C=O) groups is 1. The van der Waals surface area contributed by atoms with E-state index in [1.165, 1.54) is 32.1 Å². The first-order chi connectivity index (χ1) is 16.3. The number of hydrogen-bond acceptors (Lipinski definition) is 5. The molecule has 0 aliphatic heterocycles. The van der Waals surface area contributed by atoms with Gasteiger partial charge in [-0.05, 0) is 112 Å². The fraction of sp³-hybridized carbons (Fsp3) is 0.750. The van der Waals surface area contributed by atoms with Crippen LogP contribution in [0.2, 0.25) is 0 Å². The Hall–Kier alpha value is -1.95. The van der Waals surface area contributed by atoms with E-state index < -0.39 is 5.60 Å². The lowest BCUT2D eigenvalue weighted by molar-refractivity contribution is -0.133. The second kappa shape index (κ2) is 8.04. The van der Waals surface area contributed by atoms with Gasteiger partial charge in [0.1, 0.15) is 17.8 Å². The van der Waals surface area contributed by atoms with E-state index >= 15 is 0 Å². The predicted octanol–water partition coefficient (Wildman–Crippen LogP) is 5.03. The summed E-state index contributed by atoms with van der Waals surface area (Å²) in [6.45, 7) is 4.70. The van der Waals surface area contributed by atoms with Crippen molar-refractivity contribution in [3.05, 3.63) is 18.2 Å². The van der Waals surface area contributed by atoms with Crippen molar-refractivity contribution in [3.8, 4) is 5.75 Å². The van der Waals surface area contributed by atoms with Crippen LogP contribution in [0.4, 0.5) is 0 Å². The molecule has 1 N–H and O–H groups in total. The van der Waals surface area contributed by atoms with Crippen LogP contribution < -0.4 is 4.74 Å². The molecule has 4 fully saturated rings. The summed E-state index contributed by atoms with van der Waals surface area (Å²) < 4.78 is 5.42. The molecule has 34 heavy (non-hydrogen) atoms. The third kappa shape index (κ3) is 3.51. The molecule has 1 heterocycles. The molecular formula is C28H39N3O3. The molecule has 8 unspecified atom stereocenters. The summed E-state index contributed by atoms with van der Waals surface area (Å²) in [5.41, 5.74) is 1.14. The lowest BCUT2D eigenvalue weighted by Gasteiger charge is -2.56. The van der Waals surface area contributed by atoms with Crippen LogP contribution >= 0.6 is 0 Å². The third-order valence-electron chi connectivity index (χ3n) is 10.6. The number of carbonyl (C=O) groups excluding carboxylic acids is 1. The van der Waals surface area contributed by atoms with E-state index in [1.54, 1.807) is 11.9 Å². The fourth-order valence-corrected chi connectivity index (χ4v) is 9.05. The standard InChI is InChI=1S/C28H39N3O3/c1-27(33)13-11-18-17(15-27)7-8-20-19(18)12-14-28(2)21(20)9-10-22(28)24(32)16-31-29-23-5-4-6-25(34-3)26(23)30-31/h4-6,17-22,33H,7-16H2,1-3H3. The molecule has 0 amide bonds. The van der Waals surface area contributed by atoms with Crippen molar-refractivity contribution in [2.75, 3.05) is 7.11 Å². The molecule has 0 bridgehead atoms. The first-order valence-corrected chi connectivity index (χ1v) is 13.4. The average Bonchev–Trinajstić information content (AvgIpc) is 3.37. The van der Waals surface area contributed by atoms with Gasteiger partial charge in [-0.25, -0.2) is 0 Å². The van der Waals surface area contributed by atoms with Gasteiger partial charge in [-0.1, -0.05) is 13.0 Å². The molecule has 0 spiro atoms. The Morgan fingerprint density at radius 2 is 1.88 bits per heavy atom. The van der Waals surface area contributed by atoms with E-state index in [-0.39, 0.29) is 17.9 Å². The number of fused-ring (bicyclic) bond motifs is 6. The second-order valence-corrected chi connectivity index (χ2v) is 12.4. The van der Waals surface area contributed by atoms with Gasteiger partial charge in [0.2, 0.25) is 0 Å². The van der Waals surface area contributed by atoms with Crippen molar-refractivity contribution in [1.82, 2.24) is 15.0 Å². The van der Waals surface area contributed by atoms with Gasteiger partial charge in [0.25, 0.3) is 0 Å². The first kappa shape index (κ1) is 22.5. The van der Waals surface area contributed by atoms with Gasteiger partial charge < -0.3 is 9.84 Å². The highest BCUT2D eigenvalue weighted by Gasteiger charge is 2.58. The van der Waals surface area contributed by atoms with Crippen LogP contribution in [0.3, 0.4) is 0 Å². The van der Waals surface area contributed by atoms with Crippen molar-refractivity contribution < 1.29 is 14.6 Å². The van der Waals surface area contributed by atoms with E-state index in [1.807, 2.05) is 25.1 Å². The largest absolute Gasteiger partial charge is 0.494 e. The Bertz CT molecular complexity index is 1090. The summed E-state index contributed by atoms with van der Waals surface area (Å²) in [7, 11) is 1.64. The molecule has 1 aromatic heterocycles. The van der Waals surface area contributed by atoms with Crippen molar-refractivity contribution in [2.24, 2.45) is 40.9 Å². The fourth-order valence-electron chi connectivity index (χ4n) is 9.05. The summed E-state index contributed by atoms with van der Waals surface area (Å²) in [6, 6.07) is 5.71. The predicted molar refractivity (Wildman–Crippen MR) is 130 cm³/mol. The maximum absolute atomic E-state index is 13.6. The number of hydrogen-bond donors (Lipinski definition) is 1. The molecule has 0 radical (unpaired) electrons. The smallest absolute Gasteiger partial charge is 0.159 e. The minimum Gasteiger partial charge on any atom is -0.494 e.